The Morgan fingerprint density at radius 2 is 1.95 bits per heavy atom. The van der Waals surface area contributed by atoms with Gasteiger partial charge in [-0.15, -0.1) is 0 Å². The maximum absolute atomic E-state index is 11.9. The van der Waals surface area contributed by atoms with Crippen molar-refractivity contribution in [2.45, 2.75) is 0 Å². The van der Waals surface area contributed by atoms with Gasteiger partial charge in [-0.2, -0.15) is 0 Å². The number of ether oxygens (including phenoxy) is 4. The van der Waals surface area contributed by atoms with Gasteiger partial charge in [0, 0.05) is 4.47 Å². The number of carbonyl (C=O) groups is 1. The first-order valence-electron chi connectivity index (χ1n) is 6.67. The van der Waals surface area contributed by atoms with Crippen molar-refractivity contribution < 1.29 is 23.7 Å². The number of hydrogen-bond acceptors (Lipinski definition) is 5. The zero-order valence-corrected chi connectivity index (χ0v) is 13.2. The Kier molecular flexibility index (Phi) is 4.48. The Balaban J connectivity index is 1.48. The fourth-order valence-corrected chi connectivity index (χ4v) is 2.34. The van der Waals surface area contributed by atoms with Crippen LogP contribution in [-0.4, -0.2) is 26.0 Å². The highest BCUT2D eigenvalue weighted by molar-refractivity contribution is 9.10. The van der Waals surface area contributed by atoms with Crippen molar-refractivity contribution in [2.24, 2.45) is 0 Å². The fraction of sp³-hybridized carbons (Fsp3) is 0.188. The van der Waals surface area contributed by atoms with Crippen LogP contribution in [0.1, 0.15) is 10.4 Å². The van der Waals surface area contributed by atoms with E-state index in [1.54, 1.807) is 18.2 Å². The van der Waals surface area contributed by atoms with E-state index in [0.29, 0.717) is 22.8 Å². The van der Waals surface area contributed by atoms with Crippen molar-refractivity contribution in [3.8, 4) is 17.2 Å². The number of fused-ring (bicyclic) bond motifs is 1. The first-order chi connectivity index (χ1) is 10.7. The van der Waals surface area contributed by atoms with Crippen LogP contribution in [0.15, 0.2) is 46.9 Å². The summed E-state index contributed by atoms with van der Waals surface area (Å²) < 4.78 is 22.0. The average molecular weight is 365 g/mol. The quantitative estimate of drug-likeness (QED) is 0.601. The van der Waals surface area contributed by atoms with Crippen molar-refractivity contribution in [3.63, 3.8) is 0 Å². The molecular weight excluding hydrogens is 352 g/mol. The van der Waals surface area contributed by atoms with Gasteiger partial charge >= 0.3 is 5.97 Å². The molecule has 0 spiro atoms. The molecule has 1 aliphatic heterocycles. The lowest BCUT2D eigenvalue weighted by Gasteiger charge is -2.08. The molecule has 2 aromatic carbocycles. The van der Waals surface area contributed by atoms with Crippen LogP contribution in [-0.2, 0) is 4.74 Å². The molecule has 0 radical (unpaired) electrons. The molecular formula is C16H13BrO5. The third-order valence-corrected chi connectivity index (χ3v) is 3.48. The van der Waals surface area contributed by atoms with Gasteiger partial charge in [0.2, 0.25) is 6.79 Å². The summed E-state index contributed by atoms with van der Waals surface area (Å²) in [5, 5.41) is 0. The molecule has 5 nitrogen and oxygen atoms in total. The second kappa shape index (κ2) is 6.70. The molecule has 6 heteroatoms. The Bertz CT molecular complexity index is 686. The Morgan fingerprint density at radius 3 is 2.82 bits per heavy atom. The van der Waals surface area contributed by atoms with Gasteiger partial charge in [0.15, 0.2) is 11.5 Å². The van der Waals surface area contributed by atoms with Gasteiger partial charge in [0.1, 0.15) is 19.0 Å². The van der Waals surface area contributed by atoms with E-state index in [0.717, 1.165) is 4.47 Å². The zero-order chi connectivity index (χ0) is 15.4. The number of benzene rings is 2. The monoisotopic (exact) mass is 364 g/mol. The molecule has 114 valence electrons. The minimum atomic E-state index is -0.420. The topological polar surface area (TPSA) is 54.0 Å². The van der Waals surface area contributed by atoms with E-state index in [9.17, 15) is 4.79 Å². The predicted molar refractivity (Wildman–Crippen MR) is 82.5 cm³/mol. The summed E-state index contributed by atoms with van der Waals surface area (Å²) >= 11 is 3.36. The average Bonchev–Trinajstić information content (AvgIpc) is 2.99. The molecule has 0 saturated heterocycles. The number of esters is 1. The van der Waals surface area contributed by atoms with Crippen molar-refractivity contribution in [1.29, 1.82) is 0 Å². The normalized spacial score (nSPS) is 12.0. The molecule has 3 rings (SSSR count). The minimum Gasteiger partial charge on any atom is -0.490 e. The summed E-state index contributed by atoms with van der Waals surface area (Å²) in [6, 6.07) is 12.4. The molecule has 0 unspecified atom stereocenters. The van der Waals surface area contributed by atoms with Crippen LogP contribution in [0.5, 0.6) is 17.2 Å². The Labute approximate surface area is 135 Å². The molecule has 0 atom stereocenters. The summed E-state index contributed by atoms with van der Waals surface area (Å²) in [7, 11) is 0. The van der Waals surface area contributed by atoms with Crippen LogP contribution in [0.3, 0.4) is 0 Å². The number of rotatable bonds is 5. The largest absolute Gasteiger partial charge is 0.490 e. The number of carbonyl (C=O) groups excluding carboxylic acids is 1. The van der Waals surface area contributed by atoms with Gasteiger partial charge in [-0.05, 0) is 36.4 Å². The van der Waals surface area contributed by atoms with E-state index in [1.807, 2.05) is 24.3 Å². The van der Waals surface area contributed by atoms with Crippen LogP contribution >= 0.6 is 15.9 Å². The van der Waals surface area contributed by atoms with Gasteiger partial charge < -0.3 is 18.9 Å². The molecule has 0 amide bonds. The SMILES string of the molecule is O=C(OCCOc1cccc(Br)c1)c1ccc2c(c1)OCO2. The zero-order valence-electron chi connectivity index (χ0n) is 11.6. The summed E-state index contributed by atoms with van der Waals surface area (Å²) in [6.07, 6.45) is 0. The Hall–Kier alpha value is -2.21. The highest BCUT2D eigenvalue weighted by Gasteiger charge is 2.16. The lowest BCUT2D eigenvalue weighted by Crippen LogP contribution is -2.12. The molecule has 0 fully saturated rings. The number of hydrogen-bond donors (Lipinski definition) is 0. The van der Waals surface area contributed by atoms with Crippen LogP contribution in [0.4, 0.5) is 0 Å². The highest BCUT2D eigenvalue weighted by Crippen LogP contribution is 2.32. The second-order valence-corrected chi connectivity index (χ2v) is 5.43. The van der Waals surface area contributed by atoms with E-state index >= 15 is 0 Å². The second-order valence-electron chi connectivity index (χ2n) is 4.51. The first-order valence-corrected chi connectivity index (χ1v) is 7.47. The molecule has 2 aromatic rings. The minimum absolute atomic E-state index is 0.166. The van der Waals surface area contributed by atoms with Gasteiger partial charge in [0.05, 0.1) is 5.56 Å². The van der Waals surface area contributed by atoms with Crippen LogP contribution in [0.25, 0.3) is 0 Å². The molecule has 1 aliphatic rings. The van der Waals surface area contributed by atoms with Crippen molar-refractivity contribution in [1.82, 2.24) is 0 Å². The molecule has 0 bridgehead atoms. The predicted octanol–water partition coefficient (Wildman–Crippen LogP) is 3.41. The summed E-state index contributed by atoms with van der Waals surface area (Å²) in [5.74, 6) is 1.49. The van der Waals surface area contributed by atoms with E-state index in [4.69, 9.17) is 18.9 Å². The van der Waals surface area contributed by atoms with Crippen molar-refractivity contribution in [2.75, 3.05) is 20.0 Å². The highest BCUT2D eigenvalue weighted by atomic mass is 79.9. The van der Waals surface area contributed by atoms with Gasteiger partial charge in [-0.3, -0.25) is 0 Å². The van der Waals surface area contributed by atoms with Crippen LogP contribution in [0, 0.1) is 0 Å². The molecule has 0 aromatic heterocycles. The fourth-order valence-electron chi connectivity index (χ4n) is 1.96. The molecule has 0 saturated carbocycles. The third kappa shape index (κ3) is 3.51. The standard InChI is InChI=1S/C16H13BrO5/c17-12-2-1-3-13(9-12)19-6-7-20-16(18)11-4-5-14-15(8-11)22-10-21-14/h1-5,8-9H,6-7,10H2. The maximum Gasteiger partial charge on any atom is 0.338 e. The van der Waals surface area contributed by atoms with Crippen molar-refractivity contribution >= 4 is 21.9 Å². The van der Waals surface area contributed by atoms with Crippen LogP contribution in [0.2, 0.25) is 0 Å². The molecule has 1 heterocycles. The Morgan fingerprint density at radius 1 is 1.09 bits per heavy atom. The van der Waals surface area contributed by atoms with Crippen molar-refractivity contribution in [3.05, 3.63) is 52.5 Å². The summed E-state index contributed by atoms with van der Waals surface area (Å²) in [5.41, 5.74) is 0.423. The van der Waals surface area contributed by atoms with E-state index in [1.165, 1.54) is 0 Å². The molecule has 22 heavy (non-hydrogen) atoms. The summed E-state index contributed by atoms with van der Waals surface area (Å²) in [4.78, 5) is 11.9. The lowest BCUT2D eigenvalue weighted by molar-refractivity contribution is 0.0450. The molecule has 0 aliphatic carbocycles. The smallest absolute Gasteiger partial charge is 0.338 e. The van der Waals surface area contributed by atoms with E-state index in [-0.39, 0.29) is 20.0 Å². The van der Waals surface area contributed by atoms with Gasteiger partial charge in [0.25, 0.3) is 0 Å². The first kappa shape index (κ1) is 14.7. The third-order valence-electron chi connectivity index (χ3n) is 2.99. The maximum atomic E-state index is 11.9. The van der Waals surface area contributed by atoms with Crippen LogP contribution < -0.4 is 14.2 Å². The van der Waals surface area contributed by atoms with Gasteiger partial charge in [-0.1, -0.05) is 22.0 Å². The number of halogens is 1. The van der Waals surface area contributed by atoms with E-state index in [2.05, 4.69) is 15.9 Å². The van der Waals surface area contributed by atoms with E-state index < -0.39 is 5.97 Å². The van der Waals surface area contributed by atoms with Gasteiger partial charge in [-0.25, -0.2) is 4.79 Å². The lowest BCUT2D eigenvalue weighted by atomic mass is 10.2. The summed E-state index contributed by atoms with van der Waals surface area (Å²) in [6.45, 7) is 0.626. The molecule has 0 N–H and O–H groups in total.